The summed E-state index contributed by atoms with van der Waals surface area (Å²) in [5.41, 5.74) is 2.07. The SMILES string of the molecule is CC(=O)n1nc(-c2ccc(F)cc2)c2cc(C(=O)N3CCN(C(=O)O)CC3)ccc21. The van der Waals surface area contributed by atoms with Crippen molar-refractivity contribution in [2.75, 3.05) is 26.2 Å². The Morgan fingerprint density at radius 2 is 1.60 bits per heavy atom. The molecule has 154 valence electrons. The number of benzene rings is 2. The second-order valence-electron chi connectivity index (χ2n) is 7.08. The van der Waals surface area contributed by atoms with Crippen LogP contribution in [0.25, 0.3) is 22.2 Å². The van der Waals surface area contributed by atoms with Crippen LogP contribution in [-0.4, -0.2) is 68.8 Å². The number of amides is 2. The van der Waals surface area contributed by atoms with E-state index in [1.165, 1.54) is 28.6 Å². The van der Waals surface area contributed by atoms with Gasteiger partial charge < -0.3 is 14.9 Å². The van der Waals surface area contributed by atoms with E-state index < -0.39 is 6.09 Å². The summed E-state index contributed by atoms with van der Waals surface area (Å²) in [6.07, 6.45) is -0.996. The topological polar surface area (TPSA) is 95.7 Å². The number of carbonyl (C=O) groups is 3. The van der Waals surface area contributed by atoms with Crippen LogP contribution in [0.15, 0.2) is 42.5 Å². The summed E-state index contributed by atoms with van der Waals surface area (Å²) in [5.74, 6) is -0.884. The average Bonchev–Trinajstić information content (AvgIpc) is 3.13. The van der Waals surface area contributed by atoms with Crippen LogP contribution in [0.4, 0.5) is 9.18 Å². The number of hydrogen-bond donors (Lipinski definition) is 1. The van der Waals surface area contributed by atoms with Crippen LogP contribution in [0.3, 0.4) is 0 Å². The van der Waals surface area contributed by atoms with Crippen molar-refractivity contribution in [3.63, 3.8) is 0 Å². The van der Waals surface area contributed by atoms with Crippen LogP contribution in [0.5, 0.6) is 0 Å². The average molecular weight is 410 g/mol. The minimum atomic E-state index is -0.996. The van der Waals surface area contributed by atoms with Gasteiger partial charge in [-0.15, -0.1) is 0 Å². The Hall–Kier alpha value is -3.75. The third-order valence-electron chi connectivity index (χ3n) is 5.18. The van der Waals surface area contributed by atoms with E-state index in [2.05, 4.69) is 5.10 Å². The lowest BCUT2D eigenvalue weighted by atomic mass is 10.0. The first-order valence-electron chi connectivity index (χ1n) is 9.42. The Balaban J connectivity index is 1.72. The summed E-state index contributed by atoms with van der Waals surface area (Å²) < 4.78 is 14.6. The van der Waals surface area contributed by atoms with Crippen LogP contribution in [0.2, 0.25) is 0 Å². The van der Waals surface area contributed by atoms with Crippen LogP contribution >= 0.6 is 0 Å². The molecule has 0 bridgehead atoms. The molecule has 0 spiro atoms. The quantitative estimate of drug-likeness (QED) is 0.701. The van der Waals surface area contributed by atoms with E-state index in [-0.39, 0.29) is 30.7 Å². The number of rotatable bonds is 2. The van der Waals surface area contributed by atoms with E-state index in [4.69, 9.17) is 5.11 Å². The molecule has 1 aromatic heterocycles. The van der Waals surface area contributed by atoms with Gasteiger partial charge in [-0.25, -0.2) is 9.18 Å². The summed E-state index contributed by atoms with van der Waals surface area (Å²) in [6, 6.07) is 10.7. The molecule has 0 saturated carbocycles. The maximum absolute atomic E-state index is 13.3. The largest absolute Gasteiger partial charge is 0.465 e. The molecule has 1 aliphatic heterocycles. The van der Waals surface area contributed by atoms with Gasteiger partial charge in [0.1, 0.15) is 11.5 Å². The Kier molecular flexibility index (Phi) is 4.94. The van der Waals surface area contributed by atoms with Crippen LogP contribution in [0.1, 0.15) is 22.1 Å². The summed E-state index contributed by atoms with van der Waals surface area (Å²) >= 11 is 0. The predicted octanol–water partition coefficient (Wildman–Crippen LogP) is 2.94. The summed E-state index contributed by atoms with van der Waals surface area (Å²) in [5, 5.41) is 14.0. The highest BCUT2D eigenvalue weighted by atomic mass is 19.1. The molecule has 0 unspecified atom stereocenters. The Morgan fingerprint density at radius 1 is 0.967 bits per heavy atom. The van der Waals surface area contributed by atoms with Crippen molar-refractivity contribution < 1.29 is 23.9 Å². The lowest BCUT2D eigenvalue weighted by Crippen LogP contribution is -2.50. The minimum Gasteiger partial charge on any atom is -0.465 e. The first kappa shape index (κ1) is 19.6. The fourth-order valence-electron chi connectivity index (χ4n) is 3.60. The Labute approximate surface area is 171 Å². The number of halogens is 1. The number of nitrogens with zero attached hydrogens (tertiary/aromatic N) is 4. The maximum atomic E-state index is 13.3. The molecule has 2 aromatic carbocycles. The molecule has 0 atom stereocenters. The van der Waals surface area contributed by atoms with Crippen LogP contribution in [-0.2, 0) is 0 Å². The maximum Gasteiger partial charge on any atom is 0.407 e. The first-order valence-corrected chi connectivity index (χ1v) is 9.42. The van der Waals surface area contributed by atoms with Crippen molar-refractivity contribution in [3.8, 4) is 11.3 Å². The van der Waals surface area contributed by atoms with Gasteiger partial charge in [-0.3, -0.25) is 9.59 Å². The van der Waals surface area contributed by atoms with E-state index in [0.717, 1.165) is 0 Å². The monoisotopic (exact) mass is 410 g/mol. The van der Waals surface area contributed by atoms with Gasteiger partial charge in [0.2, 0.25) is 5.91 Å². The molecule has 9 heteroatoms. The molecular weight excluding hydrogens is 391 g/mol. The van der Waals surface area contributed by atoms with Crippen LogP contribution in [0, 0.1) is 5.82 Å². The van der Waals surface area contributed by atoms with Crippen molar-refractivity contribution in [1.82, 2.24) is 19.6 Å². The number of hydrogen-bond acceptors (Lipinski definition) is 4. The van der Waals surface area contributed by atoms with Crippen molar-refractivity contribution in [2.45, 2.75) is 6.92 Å². The van der Waals surface area contributed by atoms with Crippen LogP contribution < -0.4 is 0 Å². The molecule has 8 nitrogen and oxygen atoms in total. The molecular formula is C21H19FN4O4. The molecule has 1 fully saturated rings. The molecule has 4 rings (SSSR count). The smallest absolute Gasteiger partial charge is 0.407 e. The highest BCUT2D eigenvalue weighted by Gasteiger charge is 2.25. The van der Waals surface area contributed by atoms with E-state index >= 15 is 0 Å². The molecule has 30 heavy (non-hydrogen) atoms. The lowest BCUT2D eigenvalue weighted by Gasteiger charge is -2.33. The van der Waals surface area contributed by atoms with Gasteiger partial charge in [-0.05, 0) is 42.5 Å². The highest BCUT2D eigenvalue weighted by Crippen LogP contribution is 2.29. The van der Waals surface area contributed by atoms with E-state index in [9.17, 15) is 18.8 Å². The molecule has 1 aliphatic rings. The van der Waals surface area contributed by atoms with Gasteiger partial charge in [0.05, 0.1) is 5.52 Å². The normalized spacial score (nSPS) is 14.2. The second-order valence-corrected chi connectivity index (χ2v) is 7.08. The summed E-state index contributed by atoms with van der Waals surface area (Å²) in [7, 11) is 0. The van der Waals surface area contributed by atoms with Gasteiger partial charge in [0.15, 0.2) is 0 Å². The lowest BCUT2D eigenvalue weighted by molar-refractivity contribution is 0.0625. The summed E-state index contributed by atoms with van der Waals surface area (Å²) in [4.78, 5) is 38.9. The van der Waals surface area contributed by atoms with Gasteiger partial charge >= 0.3 is 6.09 Å². The third kappa shape index (κ3) is 3.49. The predicted molar refractivity (Wildman–Crippen MR) is 107 cm³/mol. The van der Waals surface area contributed by atoms with Gasteiger partial charge in [0.25, 0.3) is 5.91 Å². The van der Waals surface area contributed by atoms with Crippen molar-refractivity contribution in [3.05, 3.63) is 53.8 Å². The number of fused-ring (bicyclic) bond motifs is 1. The number of aromatic nitrogens is 2. The van der Waals surface area contributed by atoms with E-state index in [1.807, 2.05) is 0 Å². The molecule has 0 aliphatic carbocycles. The number of carboxylic acid groups (broad SMARTS) is 1. The first-order chi connectivity index (χ1) is 14.3. The number of piperazine rings is 1. The van der Waals surface area contributed by atoms with E-state index in [1.54, 1.807) is 35.2 Å². The third-order valence-corrected chi connectivity index (χ3v) is 5.18. The van der Waals surface area contributed by atoms with Crippen molar-refractivity contribution in [2.24, 2.45) is 0 Å². The Bertz CT molecular complexity index is 1150. The van der Waals surface area contributed by atoms with Gasteiger partial charge in [-0.1, -0.05) is 0 Å². The highest BCUT2D eigenvalue weighted by molar-refractivity contribution is 6.04. The van der Waals surface area contributed by atoms with Gasteiger partial charge in [-0.2, -0.15) is 9.78 Å². The molecule has 1 saturated heterocycles. The zero-order valence-electron chi connectivity index (χ0n) is 16.2. The molecule has 3 aromatic rings. The minimum absolute atomic E-state index is 0.220. The standard InChI is InChI=1S/C21H19FN4O4/c1-13(27)26-18-7-4-15(20(28)24-8-10-25(11-9-24)21(29)30)12-17(18)19(23-26)14-2-5-16(22)6-3-14/h2-7,12H,8-11H2,1H3,(H,29,30). The zero-order valence-corrected chi connectivity index (χ0v) is 16.2. The number of carbonyl (C=O) groups excluding carboxylic acids is 2. The van der Waals surface area contributed by atoms with Gasteiger partial charge in [0, 0.05) is 49.6 Å². The summed E-state index contributed by atoms with van der Waals surface area (Å²) in [6.45, 7) is 2.52. The fraction of sp³-hybridized carbons (Fsp3) is 0.238. The molecule has 2 heterocycles. The van der Waals surface area contributed by atoms with Crippen molar-refractivity contribution >= 4 is 28.8 Å². The fourth-order valence-corrected chi connectivity index (χ4v) is 3.60. The second kappa shape index (κ2) is 7.58. The van der Waals surface area contributed by atoms with E-state index in [0.29, 0.717) is 40.8 Å². The molecule has 1 N–H and O–H groups in total. The Morgan fingerprint density at radius 3 is 2.20 bits per heavy atom. The molecule has 2 amide bonds. The van der Waals surface area contributed by atoms with Crippen molar-refractivity contribution in [1.29, 1.82) is 0 Å². The zero-order chi connectivity index (χ0) is 21.4. The molecule has 0 radical (unpaired) electrons.